The SMILES string of the molecule is CCCCCC(/C=C/[C@H]1C(O[Si](C)(C)C)C/C(=N\OC)[C@@H]1CCCCCCC(=O)O[Si](C)(C)C)O[Si](C)(C)C. The van der Waals surface area contributed by atoms with Crippen molar-refractivity contribution in [3.05, 3.63) is 12.2 Å². The van der Waals surface area contributed by atoms with Crippen molar-refractivity contribution < 1.29 is 22.9 Å². The van der Waals surface area contributed by atoms with Gasteiger partial charge in [-0.1, -0.05) is 62.8 Å². The Kier molecular flexibility index (Phi) is 16.1. The number of nitrogens with zero attached hydrogens (tertiary/aromatic N) is 1. The zero-order chi connectivity index (χ0) is 29.7. The van der Waals surface area contributed by atoms with Crippen LogP contribution in [0.3, 0.4) is 0 Å². The van der Waals surface area contributed by atoms with Gasteiger partial charge in [0.15, 0.2) is 16.6 Å². The summed E-state index contributed by atoms with van der Waals surface area (Å²) in [5.41, 5.74) is 1.13. The van der Waals surface area contributed by atoms with E-state index < -0.39 is 25.0 Å². The lowest BCUT2D eigenvalue weighted by Crippen LogP contribution is -2.35. The molecule has 9 heteroatoms. The van der Waals surface area contributed by atoms with Gasteiger partial charge in [-0.3, -0.25) is 4.79 Å². The van der Waals surface area contributed by atoms with E-state index in [-0.39, 0.29) is 24.1 Å². The van der Waals surface area contributed by atoms with E-state index in [4.69, 9.17) is 18.1 Å². The summed E-state index contributed by atoms with van der Waals surface area (Å²) in [6, 6.07) is 0. The molecule has 0 radical (unpaired) electrons. The molecule has 0 aromatic heterocycles. The lowest BCUT2D eigenvalue weighted by Gasteiger charge is -2.29. The van der Waals surface area contributed by atoms with E-state index >= 15 is 0 Å². The summed E-state index contributed by atoms with van der Waals surface area (Å²) in [7, 11) is -3.55. The molecular formula is C30H61NO5Si3. The maximum Gasteiger partial charge on any atom is 0.292 e. The van der Waals surface area contributed by atoms with Crippen LogP contribution in [-0.4, -0.2) is 56.0 Å². The molecule has 2 unspecified atom stereocenters. The molecule has 0 heterocycles. The van der Waals surface area contributed by atoms with E-state index in [1.54, 1.807) is 7.11 Å². The Bertz CT molecular complexity index is 768. The van der Waals surface area contributed by atoms with Crippen molar-refractivity contribution in [2.75, 3.05) is 7.11 Å². The van der Waals surface area contributed by atoms with E-state index in [1.165, 1.54) is 19.3 Å². The summed E-state index contributed by atoms with van der Waals surface area (Å²) in [5, 5.41) is 4.49. The summed E-state index contributed by atoms with van der Waals surface area (Å²) in [4.78, 5) is 17.4. The molecule has 1 aliphatic carbocycles. The molecule has 39 heavy (non-hydrogen) atoms. The van der Waals surface area contributed by atoms with Gasteiger partial charge < -0.3 is 18.1 Å². The smallest absolute Gasteiger partial charge is 0.292 e. The second-order valence-corrected chi connectivity index (χ2v) is 27.5. The molecule has 1 aliphatic rings. The number of unbranched alkanes of at least 4 members (excludes halogenated alkanes) is 5. The fourth-order valence-electron chi connectivity index (χ4n) is 5.26. The molecule has 0 saturated heterocycles. The molecule has 1 rings (SSSR count). The molecule has 1 fully saturated rings. The molecular weight excluding hydrogens is 539 g/mol. The van der Waals surface area contributed by atoms with Crippen LogP contribution in [0.2, 0.25) is 58.9 Å². The Hall–Kier alpha value is -0.749. The summed E-state index contributed by atoms with van der Waals surface area (Å²) in [6.07, 6.45) is 16.3. The zero-order valence-electron chi connectivity index (χ0n) is 27.2. The summed E-state index contributed by atoms with van der Waals surface area (Å²) in [5.74, 6) is 0.545. The molecule has 0 aromatic rings. The average Bonchev–Trinajstić information content (AvgIpc) is 3.06. The van der Waals surface area contributed by atoms with Gasteiger partial charge >= 0.3 is 0 Å². The van der Waals surface area contributed by atoms with Gasteiger partial charge in [-0.2, -0.15) is 0 Å². The zero-order valence-corrected chi connectivity index (χ0v) is 30.2. The molecule has 4 atom stereocenters. The van der Waals surface area contributed by atoms with Gasteiger partial charge in [0.25, 0.3) is 5.97 Å². The van der Waals surface area contributed by atoms with Crippen LogP contribution < -0.4 is 0 Å². The first-order valence-corrected chi connectivity index (χ1v) is 25.6. The highest BCUT2D eigenvalue weighted by Gasteiger charge is 2.42. The lowest BCUT2D eigenvalue weighted by molar-refractivity contribution is -0.135. The van der Waals surface area contributed by atoms with Gasteiger partial charge in [0, 0.05) is 24.7 Å². The van der Waals surface area contributed by atoms with Gasteiger partial charge in [-0.25, -0.2) is 0 Å². The minimum atomic E-state index is -1.80. The molecule has 1 saturated carbocycles. The molecule has 0 aromatic carbocycles. The average molecular weight is 600 g/mol. The highest BCUT2D eigenvalue weighted by atomic mass is 28.4. The van der Waals surface area contributed by atoms with Crippen molar-refractivity contribution in [2.45, 2.75) is 149 Å². The topological polar surface area (TPSA) is 66.4 Å². The number of carbonyl (C=O) groups is 1. The van der Waals surface area contributed by atoms with Crippen LogP contribution in [0.1, 0.15) is 77.6 Å². The predicted octanol–water partition coefficient (Wildman–Crippen LogP) is 8.92. The van der Waals surface area contributed by atoms with Crippen LogP contribution in [0.25, 0.3) is 0 Å². The summed E-state index contributed by atoms with van der Waals surface area (Å²) >= 11 is 0. The third-order valence-corrected chi connectivity index (χ3v) is 9.52. The molecule has 228 valence electrons. The highest BCUT2D eigenvalue weighted by Crippen LogP contribution is 2.39. The first-order valence-electron chi connectivity index (χ1n) is 15.4. The van der Waals surface area contributed by atoms with Gasteiger partial charge in [-0.15, -0.1) is 0 Å². The van der Waals surface area contributed by atoms with Crippen LogP contribution in [0.15, 0.2) is 17.3 Å². The molecule has 6 nitrogen and oxygen atoms in total. The standard InChI is InChI=1S/C30H61NO5Si3/c1-12-13-16-19-25(34-37(3,4)5)22-23-27-26(28(31-33-2)24-29(27)35-38(6,7)8)20-17-14-15-18-21-30(32)36-39(9,10)11/h22-23,25-27,29H,12-21,24H2,1-11H3/b23-22+,31-28+/t25?,26-,27-,29?/m1/s1. The number of hydrogen-bond donors (Lipinski definition) is 0. The third kappa shape index (κ3) is 17.0. The van der Waals surface area contributed by atoms with Crippen LogP contribution in [-0.2, 0) is 22.9 Å². The largest absolute Gasteiger partial charge is 0.520 e. The second kappa shape index (κ2) is 17.3. The fraction of sp³-hybridized carbons (Fsp3) is 0.867. The molecule has 0 bridgehead atoms. The monoisotopic (exact) mass is 599 g/mol. The number of rotatable bonds is 19. The summed E-state index contributed by atoms with van der Waals surface area (Å²) < 4.78 is 18.9. The third-order valence-electron chi connectivity index (χ3n) is 6.66. The molecule has 0 amide bonds. The van der Waals surface area contributed by atoms with Crippen molar-refractivity contribution in [3.63, 3.8) is 0 Å². The van der Waals surface area contributed by atoms with Gasteiger partial charge in [-0.05, 0) is 78.2 Å². The van der Waals surface area contributed by atoms with Crippen molar-refractivity contribution >= 4 is 36.6 Å². The van der Waals surface area contributed by atoms with Gasteiger partial charge in [0.1, 0.15) is 7.11 Å². The minimum Gasteiger partial charge on any atom is -0.520 e. The van der Waals surface area contributed by atoms with E-state index in [0.717, 1.165) is 50.7 Å². The number of carbonyl (C=O) groups excluding carboxylic acids is 1. The van der Waals surface area contributed by atoms with E-state index in [1.807, 2.05) is 0 Å². The Morgan fingerprint density at radius 3 is 2.15 bits per heavy atom. The molecule has 0 spiro atoms. The van der Waals surface area contributed by atoms with Crippen molar-refractivity contribution in [1.29, 1.82) is 0 Å². The van der Waals surface area contributed by atoms with E-state index in [9.17, 15) is 4.79 Å². The Labute approximate surface area is 244 Å². The maximum absolute atomic E-state index is 12.1. The number of hydrogen-bond acceptors (Lipinski definition) is 6. The van der Waals surface area contributed by atoms with Crippen molar-refractivity contribution in [3.8, 4) is 0 Å². The first-order chi connectivity index (χ1) is 18.0. The van der Waals surface area contributed by atoms with Crippen LogP contribution in [0, 0.1) is 11.8 Å². The van der Waals surface area contributed by atoms with Gasteiger partial charge in [0.2, 0.25) is 8.32 Å². The lowest BCUT2D eigenvalue weighted by atomic mass is 9.88. The van der Waals surface area contributed by atoms with Crippen molar-refractivity contribution in [1.82, 2.24) is 0 Å². The minimum absolute atomic E-state index is 0.0370. The summed E-state index contributed by atoms with van der Waals surface area (Å²) in [6.45, 7) is 22.0. The Morgan fingerprint density at radius 2 is 1.59 bits per heavy atom. The predicted molar refractivity (Wildman–Crippen MR) is 173 cm³/mol. The quantitative estimate of drug-likeness (QED) is 0.0642. The normalized spacial score (nSPS) is 22.5. The van der Waals surface area contributed by atoms with Crippen LogP contribution >= 0.6 is 0 Å². The van der Waals surface area contributed by atoms with E-state index in [0.29, 0.717) is 12.3 Å². The van der Waals surface area contributed by atoms with Crippen LogP contribution in [0.4, 0.5) is 0 Å². The fourth-order valence-corrected chi connectivity index (χ4v) is 8.30. The van der Waals surface area contributed by atoms with E-state index in [2.05, 4.69) is 83.2 Å². The maximum atomic E-state index is 12.1. The Balaban J connectivity index is 2.95. The number of oxime groups is 1. The van der Waals surface area contributed by atoms with Crippen molar-refractivity contribution in [2.24, 2.45) is 17.0 Å². The van der Waals surface area contributed by atoms with Gasteiger partial charge in [0.05, 0.1) is 17.9 Å². The van der Waals surface area contributed by atoms with Crippen LogP contribution in [0.5, 0.6) is 0 Å². The second-order valence-electron chi connectivity index (χ2n) is 14.1. The molecule has 0 N–H and O–H groups in total. The Morgan fingerprint density at radius 1 is 0.923 bits per heavy atom. The highest BCUT2D eigenvalue weighted by molar-refractivity contribution is 6.71. The first kappa shape index (κ1) is 36.3. The molecule has 0 aliphatic heterocycles.